The number of nitrogens with one attached hydrogen (secondary N) is 2. The molecule has 0 saturated heterocycles. The third-order valence-electron chi connectivity index (χ3n) is 7.65. The molecule has 48 heavy (non-hydrogen) atoms. The molecule has 0 spiro atoms. The zero-order chi connectivity index (χ0) is 33.2. The number of pyridine rings is 4. The first-order chi connectivity index (χ1) is 23.4. The summed E-state index contributed by atoms with van der Waals surface area (Å²) in [6.07, 6.45) is 6.84. The standard InChI is InChI=1S/C18H15N5O2.C17H13N5O/c1-25-13-7-11(6-12(24)8-13)14-9-15(10-2-4-20-5-3-10)21-18-16(14)17(19)22-23-18;18-16-15-13(11-2-1-3-12(23)8-11)9-14(20-17(15)22-21-16)10-4-6-19-7-5-10/h2-9,24H,1H3,(H3,19,21,22,23);1-9,23H,(H3,18,20,21,22). The maximum Gasteiger partial charge on any atom is 0.184 e. The molecule has 0 fully saturated rings. The summed E-state index contributed by atoms with van der Waals surface area (Å²) in [6, 6.07) is 23.4. The summed E-state index contributed by atoms with van der Waals surface area (Å²) < 4.78 is 5.26. The number of aromatic nitrogens is 8. The number of hydrogen-bond acceptors (Lipinski definition) is 11. The number of aromatic hydroxyl groups is 2. The Hall–Kier alpha value is -7.02. The van der Waals surface area contributed by atoms with Crippen molar-refractivity contribution in [3.63, 3.8) is 0 Å². The molecule has 0 atom stereocenters. The van der Waals surface area contributed by atoms with Crippen LogP contribution >= 0.6 is 0 Å². The lowest BCUT2D eigenvalue weighted by atomic mass is 10.00. The van der Waals surface area contributed by atoms with Crippen LogP contribution in [0.3, 0.4) is 0 Å². The summed E-state index contributed by atoms with van der Waals surface area (Å²) >= 11 is 0. The van der Waals surface area contributed by atoms with E-state index in [2.05, 4.69) is 40.3 Å². The van der Waals surface area contributed by atoms with E-state index in [4.69, 9.17) is 16.2 Å². The van der Waals surface area contributed by atoms with E-state index in [1.165, 1.54) is 0 Å². The Morgan fingerprint density at radius 1 is 0.583 bits per heavy atom. The number of H-pyrrole nitrogens is 2. The molecule has 8 aromatic rings. The van der Waals surface area contributed by atoms with E-state index in [0.29, 0.717) is 34.1 Å². The van der Waals surface area contributed by atoms with Crippen LogP contribution in [-0.4, -0.2) is 57.7 Å². The minimum Gasteiger partial charge on any atom is -0.508 e. The molecule has 0 aliphatic rings. The van der Waals surface area contributed by atoms with Gasteiger partial charge in [-0.25, -0.2) is 9.97 Å². The second kappa shape index (κ2) is 12.4. The van der Waals surface area contributed by atoms with Crippen molar-refractivity contribution >= 4 is 33.7 Å². The highest BCUT2D eigenvalue weighted by molar-refractivity contribution is 6.02. The van der Waals surface area contributed by atoms with E-state index in [-0.39, 0.29) is 11.5 Å². The second-order valence-electron chi connectivity index (χ2n) is 10.7. The number of rotatable bonds is 5. The van der Waals surface area contributed by atoms with E-state index in [9.17, 15) is 10.2 Å². The van der Waals surface area contributed by atoms with Crippen LogP contribution in [0.5, 0.6) is 17.2 Å². The molecule has 8 rings (SSSR count). The third kappa shape index (κ3) is 5.74. The van der Waals surface area contributed by atoms with Gasteiger partial charge in [0.2, 0.25) is 0 Å². The summed E-state index contributed by atoms with van der Waals surface area (Å²) in [4.78, 5) is 17.2. The third-order valence-corrected chi connectivity index (χ3v) is 7.65. The smallest absolute Gasteiger partial charge is 0.184 e. The molecule has 2 aromatic carbocycles. The van der Waals surface area contributed by atoms with Gasteiger partial charge >= 0.3 is 0 Å². The highest BCUT2D eigenvalue weighted by Crippen LogP contribution is 2.38. The van der Waals surface area contributed by atoms with Crippen molar-refractivity contribution in [1.82, 2.24) is 40.3 Å². The fourth-order valence-electron chi connectivity index (χ4n) is 5.42. The Morgan fingerprint density at radius 3 is 1.62 bits per heavy atom. The van der Waals surface area contributed by atoms with Crippen molar-refractivity contribution in [2.75, 3.05) is 18.6 Å². The van der Waals surface area contributed by atoms with Crippen molar-refractivity contribution in [3.8, 4) is 62.0 Å². The van der Waals surface area contributed by atoms with Crippen molar-refractivity contribution in [2.24, 2.45) is 0 Å². The minimum atomic E-state index is 0.104. The number of anilines is 2. The van der Waals surface area contributed by atoms with Gasteiger partial charge in [-0.3, -0.25) is 20.2 Å². The lowest BCUT2D eigenvalue weighted by molar-refractivity contribution is 0.408. The monoisotopic (exact) mass is 636 g/mol. The number of ether oxygens (including phenoxy) is 1. The Bertz CT molecular complexity index is 2390. The number of nitrogen functional groups attached to an aromatic ring is 2. The molecule has 6 aromatic heterocycles. The number of nitrogens with two attached hydrogens (primary N) is 2. The summed E-state index contributed by atoms with van der Waals surface area (Å²) in [5.41, 5.74) is 19.7. The second-order valence-corrected chi connectivity index (χ2v) is 10.7. The molecular weight excluding hydrogens is 608 g/mol. The van der Waals surface area contributed by atoms with Crippen LogP contribution < -0.4 is 16.2 Å². The molecule has 0 unspecified atom stereocenters. The molecule has 0 aliphatic heterocycles. The van der Waals surface area contributed by atoms with Crippen molar-refractivity contribution in [1.29, 1.82) is 0 Å². The normalized spacial score (nSPS) is 10.9. The number of aromatic amines is 2. The maximum atomic E-state index is 10.0. The number of phenolic OH excluding ortho intramolecular Hbond substituents is 2. The van der Waals surface area contributed by atoms with Crippen molar-refractivity contribution in [2.45, 2.75) is 0 Å². The minimum absolute atomic E-state index is 0.104. The summed E-state index contributed by atoms with van der Waals surface area (Å²) in [5.74, 6) is 1.72. The van der Waals surface area contributed by atoms with Gasteiger partial charge in [-0.2, -0.15) is 10.2 Å². The van der Waals surface area contributed by atoms with Crippen LogP contribution in [-0.2, 0) is 0 Å². The van der Waals surface area contributed by atoms with E-state index in [1.54, 1.807) is 62.2 Å². The Balaban J connectivity index is 0.000000152. The van der Waals surface area contributed by atoms with E-state index in [0.717, 1.165) is 50.2 Å². The van der Waals surface area contributed by atoms with Gasteiger partial charge in [-0.05, 0) is 82.9 Å². The van der Waals surface area contributed by atoms with E-state index in [1.807, 2.05) is 48.5 Å². The van der Waals surface area contributed by atoms with Gasteiger partial charge in [0.05, 0.1) is 29.3 Å². The quantitative estimate of drug-likeness (QED) is 0.130. The highest BCUT2D eigenvalue weighted by atomic mass is 16.5. The van der Waals surface area contributed by atoms with E-state index >= 15 is 0 Å². The van der Waals surface area contributed by atoms with Gasteiger partial charge in [0, 0.05) is 42.0 Å². The first kappa shape index (κ1) is 29.7. The molecule has 0 bridgehead atoms. The van der Waals surface area contributed by atoms with Crippen molar-refractivity contribution < 1.29 is 14.9 Å². The maximum absolute atomic E-state index is 10.0. The molecule has 0 radical (unpaired) electrons. The molecule has 13 heteroatoms. The molecule has 13 nitrogen and oxygen atoms in total. The molecule has 8 N–H and O–H groups in total. The zero-order valence-electron chi connectivity index (χ0n) is 25.5. The predicted octanol–water partition coefficient (Wildman–Crippen LogP) is 5.96. The van der Waals surface area contributed by atoms with Crippen LogP contribution in [0, 0.1) is 0 Å². The first-order valence-corrected chi connectivity index (χ1v) is 14.7. The molecule has 0 aliphatic carbocycles. The van der Waals surface area contributed by atoms with Gasteiger partial charge < -0.3 is 26.4 Å². The average Bonchev–Trinajstić information content (AvgIpc) is 3.69. The first-order valence-electron chi connectivity index (χ1n) is 14.7. The SMILES string of the molecule is COc1cc(O)cc(-c2cc(-c3ccncc3)nc3n[nH]c(N)c23)c1.Nc1[nH]nc2nc(-c3ccncc3)cc(-c3cccc(O)c3)c12. The summed E-state index contributed by atoms with van der Waals surface area (Å²) in [5, 5.41) is 35.1. The number of fused-ring (bicyclic) bond motifs is 2. The largest absolute Gasteiger partial charge is 0.508 e. The fraction of sp³-hybridized carbons (Fsp3) is 0.0286. The topological polar surface area (TPSA) is 211 Å². The fourth-order valence-corrected chi connectivity index (χ4v) is 5.42. The van der Waals surface area contributed by atoms with Crippen LogP contribution in [0.25, 0.3) is 66.8 Å². The number of methoxy groups -OCH3 is 1. The molecule has 236 valence electrons. The van der Waals surface area contributed by atoms with Gasteiger partial charge in [0.25, 0.3) is 0 Å². The number of phenols is 2. The van der Waals surface area contributed by atoms with Gasteiger partial charge in [0.1, 0.15) is 28.9 Å². The Kier molecular flexibility index (Phi) is 7.67. The Morgan fingerprint density at radius 2 is 1.10 bits per heavy atom. The lowest BCUT2D eigenvalue weighted by Gasteiger charge is -2.10. The van der Waals surface area contributed by atoms with Crippen LogP contribution in [0.1, 0.15) is 0 Å². The highest BCUT2D eigenvalue weighted by Gasteiger charge is 2.17. The molecule has 0 amide bonds. The van der Waals surface area contributed by atoms with Crippen LogP contribution in [0.2, 0.25) is 0 Å². The van der Waals surface area contributed by atoms with Crippen LogP contribution in [0.4, 0.5) is 11.6 Å². The number of benzene rings is 2. The van der Waals surface area contributed by atoms with Gasteiger partial charge in [0.15, 0.2) is 11.3 Å². The van der Waals surface area contributed by atoms with Gasteiger partial charge in [-0.15, -0.1) is 0 Å². The Labute approximate surface area is 273 Å². The molecular formula is C35H28N10O3. The van der Waals surface area contributed by atoms with Crippen LogP contribution in [0.15, 0.2) is 104 Å². The number of hydrogen-bond donors (Lipinski definition) is 6. The lowest BCUT2D eigenvalue weighted by Crippen LogP contribution is -1.92. The van der Waals surface area contributed by atoms with Gasteiger partial charge in [-0.1, -0.05) is 12.1 Å². The van der Waals surface area contributed by atoms with E-state index < -0.39 is 0 Å². The van der Waals surface area contributed by atoms with Crippen molar-refractivity contribution in [3.05, 3.63) is 104 Å². The predicted molar refractivity (Wildman–Crippen MR) is 184 cm³/mol. The molecule has 6 heterocycles. The summed E-state index contributed by atoms with van der Waals surface area (Å²) in [7, 11) is 1.55. The number of nitrogens with zero attached hydrogens (tertiary/aromatic N) is 6. The summed E-state index contributed by atoms with van der Waals surface area (Å²) in [6.45, 7) is 0. The molecule has 0 saturated carbocycles. The zero-order valence-corrected chi connectivity index (χ0v) is 25.5. The average molecular weight is 637 g/mol.